The summed E-state index contributed by atoms with van der Waals surface area (Å²) in [7, 11) is 0. The van der Waals surface area contributed by atoms with E-state index < -0.39 is 35.8 Å². The number of H-pyrrole nitrogens is 1. The third-order valence-corrected chi connectivity index (χ3v) is 5.20. The molecule has 0 fully saturated rings. The van der Waals surface area contributed by atoms with Crippen molar-refractivity contribution in [3.8, 4) is 0 Å². The van der Waals surface area contributed by atoms with Gasteiger partial charge >= 0.3 is 0 Å². The van der Waals surface area contributed by atoms with Crippen LogP contribution < -0.4 is 21.7 Å². The van der Waals surface area contributed by atoms with E-state index >= 15 is 0 Å². The molecule has 0 aliphatic carbocycles. The van der Waals surface area contributed by atoms with E-state index in [1.807, 2.05) is 20.1 Å². The van der Waals surface area contributed by atoms with Gasteiger partial charge < -0.3 is 26.7 Å². The first-order valence-electron chi connectivity index (χ1n) is 10.3. The largest absolute Gasteiger partial charge is 0.368 e. The Morgan fingerprint density at radius 3 is 2.26 bits per heavy atom. The van der Waals surface area contributed by atoms with Gasteiger partial charge in [-0.15, -0.1) is 0 Å². The Balaban J connectivity index is 2.94. The molecule has 1 aromatic heterocycles. The number of nitrogens with two attached hydrogens (primary N) is 1. The lowest BCUT2D eigenvalue weighted by Gasteiger charge is -2.25. The van der Waals surface area contributed by atoms with E-state index in [1.165, 1.54) is 18.1 Å². The van der Waals surface area contributed by atoms with Crippen molar-refractivity contribution in [3.05, 3.63) is 18.2 Å². The van der Waals surface area contributed by atoms with E-state index in [1.54, 1.807) is 13.1 Å². The van der Waals surface area contributed by atoms with Gasteiger partial charge in [0.05, 0.1) is 12.0 Å². The van der Waals surface area contributed by atoms with Crippen LogP contribution in [0.4, 0.5) is 0 Å². The first-order valence-corrected chi connectivity index (χ1v) is 11.7. The van der Waals surface area contributed by atoms with E-state index in [0.717, 1.165) is 0 Å². The second-order valence-electron chi connectivity index (χ2n) is 7.67. The van der Waals surface area contributed by atoms with E-state index in [-0.39, 0.29) is 24.7 Å². The molecule has 1 rings (SSSR count). The predicted octanol–water partition coefficient (Wildman–Crippen LogP) is 0.101. The molecule has 0 aliphatic heterocycles. The van der Waals surface area contributed by atoms with Crippen molar-refractivity contribution < 1.29 is 19.2 Å². The Hall–Kier alpha value is -2.56. The summed E-state index contributed by atoms with van der Waals surface area (Å²) in [6, 6.07) is -2.57. The number of aromatic nitrogens is 2. The van der Waals surface area contributed by atoms with Gasteiger partial charge in [0, 0.05) is 19.0 Å². The van der Waals surface area contributed by atoms with Crippen LogP contribution in [0.5, 0.6) is 0 Å². The Morgan fingerprint density at radius 1 is 1.10 bits per heavy atom. The highest BCUT2D eigenvalue weighted by molar-refractivity contribution is 7.98. The molecule has 0 saturated carbocycles. The number of hydrogen-bond donors (Lipinski definition) is 5. The molecule has 31 heavy (non-hydrogen) atoms. The first-order chi connectivity index (χ1) is 14.7. The van der Waals surface area contributed by atoms with Crippen LogP contribution in [0.1, 0.15) is 45.7 Å². The molecular formula is C20H34N6O4S. The molecule has 10 nitrogen and oxygen atoms in total. The second-order valence-corrected chi connectivity index (χ2v) is 8.66. The molecule has 0 aliphatic rings. The van der Waals surface area contributed by atoms with Crippen LogP contribution in [-0.4, -0.2) is 63.7 Å². The minimum atomic E-state index is -0.887. The smallest absolute Gasteiger partial charge is 0.243 e. The number of imidazole rings is 1. The van der Waals surface area contributed by atoms with E-state index in [4.69, 9.17) is 5.73 Å². The molecule has 0 radical (unpaired) electrons. The second kappa shape index (κ2) is 13.7. The van der Waals surface area contributed by atoms with Crippen LogP contribution >= 0.6 is 11.8 Å². The minimum Gasteiger partial charge on any atom is -0.368 e. The van der Waals surface area contributed by atoms with Crippen molar-refractivity contribution in [2.45, 2.75) is 64.6 Å². The molecular weight excluding hydrogens is 420 g/mol. The maximum Gasteiger partial charge on any atom is 0.243 e. The molecule has 4 amide bonds. The Labute approximate surface area is 187 Å². The van der Waals surface area contributed by atoms with E-state index in [9.17, 15) is 19.2 Å². The minimum absolute atomic E-state index is 0.101. The van der Waals surface area contributed by atoms with Crippen LogP contribution in [-0.2, 0) is 25.6 Å². The zero-order valence-corrected chi connectivity index (χ0v) is 19.4. The maximum absolute atomic E-state index is 13.0. The molecule has 0 aromatic carbocycles. The number of hydrogen-bond acceptors (Lipinski definition) is 6. The maximum atomic E-state index is 13.0. The third-order valence-electron chi connectivity index (χ3n) is 4.55. The molecule has 1 aromatic rings. The fraction of sp³-hybridized carbons (Fsp3) is 0.650. The van der Waals surface area contributed by atoms with Gasteiger partial charge in [-0.25, -0.2) is 4.98 Å². The van der Waals surface area contributed by atoms with Gasteiger partial charge in [-0.05, 0) is 30.8 Å². The van der Waals surface area contributed by atoms with Gasteiger partial charge in [-0.1, -0.05) is 20.8 Å². The van der Waals surface area contributed by atoms with Gasteiger partial charge in [0.15, 0.2) is 0 Å². The molecule has 0 unspecified atom stereocenters. The average molecular weight is 455 g/mol. The zero-order valence-electron chi connectivity index (χ0n) is 18.6. The van der Waals surface area contributed by atoms with Crippen LogP contribution in [0.25, 0.3) is 0 Å². The summed E-state index contributed by atoms with van der Waals surface area (Å²) in [6.45, 7) is 5.53. The molecule has 3 atom stereocenters. The summed E-state index contributed by atoms with van der Waals surface area (Å²) >= 11 is 1.54. The number of primary amides is 1. The van der Waals surface area contributed by atoms with Gasteiger partial charge in [0.25, 0.3) is 0 Å². The Bertz CT molecular complexity index is 725. The lowest BCUT2D eigenvalue weighted by atomic mass is 10.0. The highest BCUT2D eigenvalue weighted by Gasteiger charge is 2.29. The predicted molar refractivity (Wildman–Crippen MR) is 120 cm³/mol. The Morgan fingerprint density at radius 2 is 1.74 bits per heavy atom. The fourth-order valence-corrected chi connectivity index (χ4v) is 3.36. The van der Waals surface area contributed by atoms with Gasteiger partial charge in [0.1, 0.15) is 18.1 Å². The third kappa shape index (κ3) is 9.86. The Kier molecular flexibility index (Phi) is 11.7. The average Bonchev–Trinajstić information content (AvgIpc) is 3.22. The molecule has 11 heteroatoms. The lowest BCUT2D eigenvalue weighted by molar-refractivity contribution is -0.133. The molecule has 0 spiro atoms. The van der Waals surface area contributed by atoms with Crippen molar-refractivity contribution in [1.29, 1.82) is 0 Å². The fourth-order valence-electron chi connectivity index (χ4n) is 2.89. The van der Waals surface area contributed by atoms with Crippen molar-refractivity contribution in [2.24, 2.45) is 11.7 Å². The SMILES string of the molecule is CCC(=O)N[C@@H](Cc1c[nH]cn1)C(=O)N[C@@H](CC(C)C)C(=O)N[C@@H](CCSC)C(N)=O. The van der Waals surface area contributed by atoms with Gasteiger partial charge in [-0.2, -0.15) is 11.8 Å². The zero-order chi connectivity index (χ0) is 23.4. The van der Waals surface area contributed by atoms with Crippen LogP contribution in [0.15, 0.2) is 12.5 Å². The van der Waals surface area contributed by atoms with Crippen LogP contribution in [0, 0.1) is 5.92 Å². The van der Waals surface area contributed by atoms with Gasteiger partial charge in [-0.3, -0.25) is 19.2 Å². The number of carbonyl (C=O) groups excluding carboxylic acids is 4. The summed E-state index contributed by atoms with van der Waals surface area (Å²) in [4.78, 5) is 56.4. The highest BCUT2D eigenvalue weighted by atomic mass is 32.2. The number of carbonyl (C=O) groups is 4. The van der Waals surface area contributed by atoms with Crippen molar-refractivity contribution in [3.63, 3.8) is 0 Å². The topological polar surface area (TPSA) is 159 Å². The highest BCUT2D eigenvalue weighted by Crippen LogP contribution is 2.08. The standard InChI is InChI=1S/C20H34N6O4S/c1-5-17(27)24-16(9-13-10-22-11-23-13)20(30)26-15(8-12(2)3)19(29)25-14(18(21)28)6-7-31-4/h10-12,14-16H,5-9H2,1-4H3,(H2,21,28)(H,22,23)(H,24,27)(H,25,29)(H,26,30)/t14-,15-,16-/m0/s1. The summed E-state index contributed by atoms with van der Waals surface area (Å²) in [6.07, 6.45) is 6.18. The van der Waals surface area contributed by atoms with Gasteiger partial charge in [0.2, 0.25) is 23.6 Å². The number of nitrogens with one attached hydrogen (secondary N) is 4. The quantitative estimate of drug-likeness (QED) is 0.268. The van der Waals surface area contributed by atoms with Crippen molar-refractivity contribution in [1.82, 2.24) is 25.9 Å². The molecule has 0 saturated heterocycles. The summed E-state index contributed by atoms with van der Waals surface area (Å²) in [5, 5.41) is 8.06. The number of nitrogens with zero attached hydrogens (tertiary/aromatic N) is 1. The van der Waals surface area contributed by atoms with Crippen LogP contribution in [0.2, 0.25) is 0 Å². The van der Waals surface area contributed by atoms with Crippen molar-refractivity contribution >= 4 is 35.4 Å². The lowest BCUT2D eigenvalue weighted by Crippen LogP contribution is -2.57. The number of amides is 4. The molecule has 6 N–H and O–H groups in total. The molecule has 0 bridgehead atoms. The molecule has 1 heterocycles. The van der Waals surface area contributed by atoms with Crippen LogP contribution in [0.3, 0.4) is 0 Å². The molecule has 174 valence electrons. The summed E-state index contributed by atoms with van der Waals surface area (Å²) in [5.74, 6) is -1.12. The number of thioether (sulfide) groups is 1. The van der Waals surface area contributed by atoms with E-state index in [2.05, 4.69) is 25.9 Å². The van der Waals surface area contributed by atoms with E-state index in [0.29, 0.717) is 24.3 Å². The van der Waals surface area contributed by atoms with Crippen molar-refractivity contribution in [2.75, 3.05) is 12.0 Å². The summed E-state index contributed by atoms with van der Waals surface area (Å²) < 4.78 is 0. The monoisotopic (exact) mass is 454 g/mol. The number of aromatic amines is 1. The first kappa shape index (κ1) is 26.5. The normalized spacial score (nSPS) is 13.8. The number of rotatable bonds is 14. The summed E-state index contributed by atoms with van der Waals surface area (Å²) in [5.41, 5.74) is 6.02.